The van der Waals surface area contributed by atoms with Crippen LogP contribution < -0.4 is 10.5 Å². The van der Waals surface area contributed by atoms with Crippen LogP contribution in [-0.4, -0.2) is 48.8 Å². The first kappa shape index (κ1) is 20.8. The second kappa shape index (κ2) is 8.20. The Labute approximate surface area is 172 Å². The van der Waals surface area contributed by atoms with Gasteiger partial charge in [-0.25, -0.2) is 9.59 Å². The summed E-state index contributed by atoms with van der Waals surface area (Å²) in [5, 5.41) is -0.0755. The molecule has 1 amide bonds. The Morgan fingerprint density at radius 3 is 2.34 bits per heavy atom. The minimum atomic E-state index is -0.843. The van der Waals surface area contributed by atoms with Gasteiger partial charge in [-0.3, -0.25) is 9.69 Å². The van der Waals surface area contributed by atoms with Gasteiger partial charge in [-0.15, -0.1) is 0 Å². The zero-order valence-corrected chi connectivity index (χ0v) is 17.4. The zero-order valence-electron chi connectivity index (χ0n) is 16.6. The molecule has 0 radical (unpaired) electrons. The maximum atomic E-state index is 13.0. The van der Waals surface area contributed by atoms with E-state index in [1.165, 1.54) is 23.8 Å². The molecule has 154 valence electrons. The lowest BCUT2D eigenvalue weighted by molar-refractivity contribution is -0.139. The van der Waals surface area contributed by atoms with Crippen LogP contribution in [0.2, 0.25) is 0 Å². The maximum absolute atomic E-state index is 13.0. The molecule has 2 aliphatic rings. The number of carbonyl (C=O) groups excluding carboxylic acids is 3. The quantitative estimate of drug-likeness (QED) is 0.722. The molecule has 0 saturated carbocycles. The smallest absolute Gasteiger partial charge is 0.338 e. The summed E-state index contributed by atoms with van der Waals surface area (Å²) in [5.74, 6) is -1.91. The number of nitrogens with two attached hydrogens (primary N) is 1. The molecule has 3 rings (SSSR count). The van der Waals surface area contributed by atoms with E-state index in [0.717, 1.165) is 0 Å². The molecule has 0 aliphatic carbocycles. The van der Waals surface area contributed by atoms with Crippen molar-refractivity contribution in [3.8, 4) is 5.75 Å². The van der Waals surface area contributed by atoms with Gasteiger partial charge in [0.1, 0.15) is 11.6 Å². The van der Waals surface area contributed by atoms with E-state index < -0.39 is 23.1 Å². The summed E-state index contributed by atoms with van der Waals surface area (Å²) in [6, 6.07) is 6.91. The second-order valence-corrected chi connectivity index (χ2v) is 7.70. The fraction of sp³-hybridized carbons (Fsp3) is 0.350. The van der Waals surface area contributed by atoms with Crippen molar-refractivity contribution in [3.63, 3.8) is 0 Å². The number of hydrogen-bond acceptors (Lipinski definition) is 8. The van der Waals surface area contributed by atoms with Crippen LogP contribution in [0.3, 0.4) is 0 Å². The van der Waals surface area contributed by atoms with Crippen molar-refractivity contribution in [1.29, 1.82) is 0 Å². The van der Waals surface area contributed by atoms with Gasteiger partial charge in [-0.1, -0.05) is 23.9 Å². The van der Waals surface area contributed by atoms with Gasteiger partial charge in [0, 0.05) is 0 Å². The summed E-state index contributed by atoms with van der Waals surface area (Å²) in [5.41, 5.74) is 7.11. The number of methoxy groups -OCH3 is 2. The van der Waals surface area contributed by atoms with E-state index in [9.17, 15) is 14.4 Å². The van der Waals surface area contributed by atoms with Gasteiger partial charge < -0.3 is 19.9 Å². The van der Waals surface area contributed by atoms with E-state index in [1.807, 2.05) is 0 Å². The molecule has 0 bridgehead atoms. The van der Waals surface area contributed by atoms with Crippen molar-refractivity contribution in [3.05, 3.63) is 51.8 Å². The molecular weight excluding hydrogens is 396 g/mol. The molecule has 0 aromatic heterocycles. The Morgan fingerprint density at radius 1 is 1.14 bits per heavy atom. The molecule has 1 aromatic rings. The van der Waals surface area contributed by atoms with Crippen molar-refractivity contribution in [2.24, 2.45) is 5.73 Å². The minimum Gasteiger partial charge on any atom is -0.497 e. The van der Waals surface area contributed by atoms with E-state index in [0.29, 0.717) is 16.3 Å². The third-order valence-electron chi connectivity index (χ3n) is 4.73. The number of rotatable bonds is 5. The first-order valence-electron chi connectivity index (χ1n) is 8.99. The molecule has 2 aliphatic heterocycles. The first-order valence-corrected chi connectivity index (χ1v) is 9.87. The Kier molecular flexibility index (Phi) is 5.88. The first-order chi connectivity index (χ1) is 13.8. The van der Waals surface area contributed by atoms with Crippen molar-refractivity contribution in [2.75, 3.05) is 20.8 Å². The van der Waals surface area contributed by atoms with Crippen LogP contribution in [0.15, 0.2) is 46.3 Å². The highest BCUT2D eigenvalue weighted by Crippen LogP contribution is 2.49. The fourth-order valence-corrected chi connectivity index (χ4v) is 4.54. The number of carbonyl (C=O) groups is 3. The molecular formula is C20H22N2O6S. The molecule has 2 heterocycles. The Hall–Kier alpha value is -2.94. The summed E-state index contributed by atoms with van der Waals surface area (Å²) >= 11 is 1.22. The van der Waals surface area contributed by atoms with Crippen LogP contribution in [0.5, 0.6) is 5.75 Å². The summed E-state index contributed by atoms with van der Waals surface area (Å²) < 4.78 is 15.4. The Bertz CT molecular complexity index is 921. The van der Waals surface area contributed by atoms with E-state index in [-0.39, 0.29) is 29.5 Å². The van der Waals surface area contributed by atoms with E-state index >= 15 is 0 Å². The third-order valence-corrected chi connectivity index (χ3v) is 5.91. The summed E-state index contributed by atoms with van der Waals surface area (Å²) in [7, 11) is 2.76. The number of thioether (sulfide) groups is 1. The Morgan fingerprint density at radius 2 is 1.79 bits per heavy atom. The van der Waals surface area contributed by atoms with Crippen LogP contribution >= 0.6 is 11.8 Å². The van der Waals surface area contributed by atoms with Gasteiger partial charge in [0.2, 0.25) is 5.91 Å². The SMILES string of the molecule is CCOC(=O)C1=C2S[C@H](C)C(=O)N2C(N)=C(C(=O)OC)[C@H]1c1ccc(OC)cc1. The topological polar surface area (TPSA) is 108 Å². The summed E-state index contributed by atoms with van der Waals surface area (Å²) in [6.07, 6.45) is 0. The third kappa shape index (κ3) is 3.46. The highest BCUT2D eigenvalue weighted by Gasteiger charge is 2.48. The highest BCUT2D eigenvalue weighted by molar-refractivity contribution is 8.04. The number of benzene rings is 1. The number of ether oxygens (including phenoxy) is 3. The summed E-state index contributed by atoms with van der Waals surface area (Å²) in [4.78, 5) is 39.5. The van der Waals surface area contributed by atoms with Crippen molar-refractivity contribution in [2.45, 2.75) is 25.0 Å². The number of fused-ring (bicyclic) bond motifs is 1. The lowest BCUT2D eigenvalue weighted by Gasteiger charge is -2.33. The van der Waals surface area contributed by atoms with E-state index in [4.69, 9.17) is 19.9 Å². The second-order valence-electron chi connectivity index (χ2n) is 6.37. The normalized spacial score (nSPS) is 21.2. The predicted octanol–water partition coefficient (Wildman–Crippen LogP) is 1.87. The fourth-order valence-electron chi connectivity index (χ4n) is 3.38. The monoisotopic (exact) mass is 418 g/mol. The molecule has 0 unspecified atom stereocenters. The van der Waals surface area contributed by atoms with Crippen LogP contribution in [0, 0.1) is 0 Å². The Balaban J connectivity index is 2.28. The van der Waals surface area contributed by atoms with Gasteiger partial charge in [0.05, 0.1) is 48.2 Å². The number of hydrogen-bond donors (Lipinski definition) is 1. The van der Waals surface area contributed by atoms with Crippen molar-refractivity contribution in [1.82, 2.24) is 4.90 Å². The van der Waals surface area contributed by atoms with Gasteiger partial charge >= 0.3 is 11.9 Å². The maximum Gasteiger partial charge on any atom is 0.338 e. The zero-order chi connectivity index (χ0) is 21.3. The molecule has 2 atom stereocenters. The molecule has 29 heavy (non-hydrogen) atoms. The minimum absolute atomic E-state index is 0.0209. The predicted molar refractivity (Wildman–Crippen MR) is 107 cm³/mol. The average molecular weight is 418 g/mol. The van der Waals surface area contributed by atoms with Crippen LogP contribution in [0.25, 0.3) is 0 Å². The molecule has 0 spiro atoms. The number of amides is 1. The summed E-state index contributed by atoms with van der Waals surface area (Å²) in [6.45, 7) is 3.55. The van der Waals surface area contributed by atoms with Crippen LogP contribution in [-0.2, 0) is 23.9 Å². The van der Waals surface area contributed by atoms with Gasteiger partial charge in [0.25, 0.3) is 0 Å². The lowest BCUT2D eigenvalue weighted by Crippen LogP contribution is -2.40. The van der Waals surface area contributed by atoms with Crippen molar-refractivity contribution < 1.29 is 28.6 Å². The molecule has 2 N–H and O–H groups in total. The van der Waals surface area contributed by atoms with Crippen LogP contribution in [0.1, 0.15) is 25.3 Å². The molecule has 8 nitrogen and oxygen atoms in total. The molecule has 9 heteroatoms. The lowest BCUT2D eigenvalue weighted by atomic mass is 9.82. The number of esters is 2. The van der Waals surface area contributed by atoms with Gasteiger partial charge in [0.15, 0.2) is 0 Å². The van der Waals surface area contributed by atoms with Gasteiger partial charge in [-0.05, 0) is 31.5 Å². The molecule has 1 fully saturated rings. The molecule has 1 saturated heterocycles. The number of nitrogens with zero attached hydrogens (tertiary/aromatic N) is 1. The van der Waals surface area contributed by atoms with E-state index in [2.05, 4.69) is 0 Å². The standard InChI is InChI=1S/C20H22N2O6S/c1-5-28-20(25)15-13(11-6-8-12(26-3)9-7-11)14(19(24)27-4)16(21)22-17(23)10(2)29-18(15)22/h6-10,13H,5,21H2,1-4H3/t10-,13-/m1/s1. The molecule has 1 aromatic carbocycles. The van der Waals surface area contributed by atoms with Crippen LogP contribution in [0.4, 0.5) is 0 Å². The largest absolute Gasteiger partial charge is 0.497 e. The highest BCUT2D eigenvalue weighted by atomic mass is 32.2. The van der Waals surface area contributed by atoms with Crippen molar-refractivity contribution >= 4 is 29.6 Å². The van der Waals surface area contributed by atoms with Gasteiger partial charge in [-0.2, -0.15) is 0 Å². The van der Waals surface area contributed by atoms with E-state index in [1.54, 1.807) is 45.2 Å². The average Bonchev–Trinajstić information content (AvgIpc) is 3.02.